The fourth-order valence-corrected chi connectivity index (χ4v) is 6.84. The van der Waals surface area contributed by atoms with Crippen molar-refractivity contribution < 1.29 is 13.5 Å². The van der Waals surface area contributed by atoms with E-state index in [4.69, 9.17) is 4.74 Å². The average molecular weight is 533 g/mol. The fraction of sp³-hybridized carbons (Fsp3) is 0.143. The van der Waals surface area contributed by atoms with Crippen molar-refractivity contribution >= 4 is 28.6 Å². The molecular weight excluding hydrogens is 506 g/mol. The lowest BCUT2D eigenvalue weighted by Crippen LogP contribution is -2.35. The summed E-state index contributed by atoms with van der Waals surface area (Å²) in [4.78, 5) is 1.17. The van der Waals surface area contributed by atoms with Gasteiger partial charge in [0.05, 0.1) is 0 Å². The summed E-state index contributed by atoms with van der Waals surface area (Å²) in [6.07, 6.45) is 6.30. The topological polar surface area (TPSA) is 9.23 Å². The normalized spacial score (nSPS) is 18.4. The van der Waals surface area contributed by atoms with Gasteiger partial charge in [0.1, 0.15) is 17.4 Å². The highest BCUT2D eigenvalue weighted by molar-refractivity contribution is 7.98. The molecule has 7 rings (SSSR count). The Morgan fingerprint density at radius 1 is 0.744 bits per heavy atom. The lowest BCUT2D eigenvalue weighted by atomic mass is 9.77. The van der Waals surface area contributed by atoms with Crippen LogP contribution in [-0.2, 0) is 11.0 Å². The highest BCUT2D eigenvalue weighted by Gasteiger charge is 2.44. The lowest BCUT2D eigenvalue weighted by molar-refractivity contribution is 0.163. The minimum Gasteiger partial charge on any atom is -0.472 e. The highest BCUT2D eigenvalue weighted by Crippen LogP contribution is 2.58. The molecule has 5 aromatic carbocycles. The molecule has 0 aromatic heterocycles. The number of thioether (sulfide) groups is 1. The first-order valence-corrected chi connectivity index (χ1v) is 14.2. The molecular formula is C35H26F2OS. The molecule has 0 spiro atoms. The third-order valence-electron chi connectivity index (χ3n) is 8.28. The van der Waals surface area contributed by atoms with Gasteiger partial charge in [0, 0.05) is 32.4 Å². The van der Waals surface area contributed by atoms with Crippen molar-refractivity contribution in [3.05, 3.63) is 137 Å². The summed E-state index contributed by atoms with van der Waals surface area (Å²) in [5.74, 6) is 0.0568. The van der Waals surface area contributed by atoms with Crippen LogP contribution in [0.1, 0.15) is 41.7 Å². The molecule has 39 heavy (non-hydrogen) atoms. The summed E-state index contributed by atoms with van der Waals surface area (Å²) in [6, 6.07) is 28.4. The van der Waals surface area contributed by atoms with Crippen LogP contribution < -0.4 is 4.74 Å². The van der Waals surface area contributed by atoms with E-state index >= 15 is 0 Å². The van der Waals surface area contributed by atoms with E-state index in [0.29, 0.717) is 11.1 Å². The van der Waals surface area contributed by atoms with Gasteiger partial charge < -0.3 is 4.74 Å². The number of rotatable bonds is 3. The van der Waals surface area contributed by atoms with E-state index in [2.05, 4.69) is 68.7 Å². The molecule has 0 saturated carbocycles. The highest BCUT2D eigenvalue weighted by atomic mass is 32.2. The quantitative estimate of drug-likeness (QED) is 0.214. The van der Waals surface area contributed by atoms with Gasteiger partial charge in [0.25, 0.3) is 0 Å². The van der Waals surface area contributed by atoms with Crippen LogP contribution in [-0.4, -0.2) is 6.26 Å². The molecule has 1 unspecified atom stereocenters. The predicted molar refractivity (Wildman–Crippen MR) is 157 cm³/mol. The Morgan fingerprint density at radius 3 is 2.18 bits per heavy atom. The summed E-state index contributed by atoms with van der Waals surface area (Å²) in [5.41, 5.74) is 5.52. The Hall–Kier alpha value is -3.89. The first kappa shape index (κ1) is 24.2. The minimum absolute atomic E-state index is 0.262. The Labute approximate surface area is 231 Å². The molecule has 0 bridgehead atoms. The third-order valence-corrected chi connectivity index (χ3v) is 9.02. The van der Waals surface area contributed by atoms with Crippen molar-refractivity contribution in [3.63, 3.8) is 0 Å². The van der Waals surface area contributed by atoms with E-state index in [9.17, 15) is 8.78 Å². The predicted octanol–water partition coefficient (Wildman–Crippen LogP) is 9.50. The van der Waals surface area contributed by atoms with Crippen molar-refractivity contribution in [1.82, 2.24) is 0 Å². The zero-order chi connectivity index (χ0) is 26.9. The molecule has 5 aromatic rings. The molecule has 1 nitrogen and oxygen atoms in total. The molecule has 0 saturated heterocycles. The van der Waals surface area contributed by atoms with Gasteiger partial charge in [-0.25, -0.2) is 8.78 Å². The fourth-order valence-electron chi connectivity index (χ4n) is 6.43. The van der Waals surface area contributed by atoms with Crippen LogP contribution in [0.3, 0.4) is 0 Å². The van der Waals surface area contributed by atoms with Crippen LogP contribution in [0.25, 0.3) is 28.0 Å². The van der Waals surface area contributed by atoms with E-state index < -0.39 is 11.0 Å². The molecule has 0 radical (unpaired) electrons. The van der Waals surface area contributed by atoms with Gasteiger partial charge in [-0.3, -0.25) is 0 Å². The van der Waals surface area contributed by atoms with Crippen molar-refractivity contribution in [3.8, 4) is 16.9 Å². The first-order valence-electron chi connectivity index (χ1n) is 13.0. The second kappa shape index (κ2) is 8.56. The lowest BCUT2D eigenvalue weighted by Gasteiger charge is -2.38. The molecule has 192 valence electrons. The maximum atomic E-state index is 14.9. The molecule has 1 atom stereocenters. The Morgan fingerprint density at radius 2 is 1.44 bits per heavy atom. The Bertz CT molecular complexity index is 1810. The summed E-state index contributed by atoms with van der Waals surface area (Å²) < 4.78 is 36.5. The zero-order valence-corrected chi connectivity index (χ0v) is 22.7. The molecule has 0 fully saturated rings. The largest absolute Gasteiger partial charge is 0.472 e. The molecule has 1 heterocycles. The molecule has 0 N–H and O–H groups in total. The average Bonchev–Trinajstić information content (AvgIpc) is 3.19. The van der Waals surface area contributed by atoms with Gasteiger partial charge in [-0.05, 0) is 76.4 Å². The molecule has 1 aliphatic carbocycles. The first-order chi connectivity index (χ1) is 18.8. The smallest absolute Gasteiger partial charge is 0.178 e. The number of hydrogen-bond donors (Lipinski definition) is 0. The number of ether oxygens (including phenoxy) is 1. The van der Waals surface area contributed by atoms with Gasteiger partial charge in [0.15, 0.2) is 5.60 Å². The van der Waals surface area contributed by atoms with Crippen LogP contribution in [0.5, 0.6) is 5.75 Å². The van der Waals surface area contributed by atoms with Gasteiger partial charge in [0.2, 0.25) is 0 Å². The summed E-state index contributed by atoms with van der Waals surface area (Å²) >= 11 is 1.69. The SMILES string of the molecule is CSc1ccc(C2(c3ccccc3)C=Cc3c4c(c5ccc(F)cc5c3O2)-c2ccc(F)cc2C4(C)C)cc1. The van der Waals surface area contributed by atoms with Gasteiger partial charge in [-0.1, -0.05) is 74.5 Å². The van der Waals surface area contributed by atoms with Crippen molar-refractivity contribution in [2.75, 3.05) is 6.26 Å². The van der Waals surface area contributed by atoms with Gasteiger partial charge in [-0.2, -0.15) is 0 Å². The van der Waals surface area contributed by atoms with Crippen molar-refractivity contribution in [2.24, 2.45) is 0 Å². The maximum Gasteiger partial charge on any atom is 0.178 e. The van der Waals surface area contributed by atoms with E-state index in [0.717, 1.165) is 44.3 Å². The maximum absolute atomic E-state index is 14.9. The number of hydrogen-bond acceptors (Lipinski definition) is 2. The Kier molecular flexibility index (Phi) is 5.30. The standard InChI is InChI=1S/C35H26F2OS/c1-34(2)30-20-24(37)12-16-27(30)31-26-15-11-23(36)19-29(26)33-28(32(31)34)17-18-35(38-33,21-7-5-4-6-8-21)22-9-13-25(39-3)14-10-22/h4-20H,1-3H3. The molecule has 1 aliphatic heterocycles. The molecule has 2 aliphatic rings. The second-order valence-electron chi connectivity index (χ2n) is 10.8. The zero-order valence-electron chi connectivity index (χ0n) is 21.9. The van der Waals surface area contributed by atoms with E-state index in [1.54, 1.807) is 23.9 Å². The summed E-state index contributed by atoms with van der Waals surface area (Å²) in [6.45, 7) is 4.25. The third kappa shape index (κ3) is 3.44. The van der Waals surface area contributed by atoms with Crippen LogP contribution in [0, 0.1) is 11.6 Å². The van der Waals surface area contributed by atoms with Crippen LogP contribution >= 0.6 is 11.8 Å². The van der Waals surface area contributed by atoms with Crippen LogP contribution in [0.15, 0.2) is 102 Å². The minimum atomic E-state index is -0.902. The van der Waals surface area contributed by atoms with Crippen LogP contribution in [0.2, 0.25) is 0 Å². The van der Waals surface area contributed by atoms with E-state index in [-0.39, 0.29) is 11.6 Å². The van der Waals surface area contributed by atoms with Gasteiger partial charge >= 0.3 is 0 Å². The molecule has 4 heteroatoms. The monoisotopic (exact) mass is 532 g/mol. The Balaban J connectivity index is 1.56. The number of fused-ring (bicyclic) bond motifs is 8. The molecule has 0 amide bonds. The van der Waals surface area contributed by atoms with Gasteiger partial charge in [-0.15, -0.1) is 11.8 Å². The second-order valence-corrected chi connectivity index (χ2v) is 11.6. The van der Waals surface area contributed by atoms with Crippen LogP contribution in [0.4, 0.5) is 8.78 Å². The van der Waals surface area contributed by atoms with E-state index in [1.165, 1.54) is 17.0 Å². The number of benzene rings is 5. The van der Waals surface area contributed by atoms with E-state index in [1.807, 2.05) is 30.3 Å². The van der Waals surface area contributed by atoms with Crippen molar-refractivity contribution in [1.29, 1.82) is 0 Å². The van der Waals surface area contributed by atoms with Crippen molar-refractivity contribution in [2.45, 2.75) is 29.8 Å². The summed E-state index contributed by atoms with van der Waals surface area (Å²) in [5, 5.41) is 1.61. The number of halogens is 2. The summed E-state index contributed by atoms with van der Waals surface area (Å²) in [7, 11) is 0.